The average molecular weight is 221 g/mol. The Morgan fingerprint density at radius 1 is 1.38 bits per heavy atom. The van der Waals surface area contributed by atoms with Crippen LogP contribution in [0, 0.1) is 0 Å². The zero-order chi connectivity index (χ0) is 12.0. The standard InChI is InChI=1S/C13H19NO2/c1-13(10-16-3,9-12(15)14-2)11-7-5-4-6-8-11/h4-8H,9-10H2,1-3H3,(H,14,15). The van der Waals surface area contributed by atoms with Crippen molar-refractivity contribution in [3.05, 3.63) is 35.9 Å². The molecule has 0 aliphatic rings. The fraction of sp³-hybridized carbons (Fsp3) is 0.462. The molecule has 0 spiro atoms. The molecule has 1 rings (SSSR count). The number of carbonyl (C=O) groups is 1. The molecule has 1 N–H and O–H groups in total. The fourth-order valence-corrected chi connectivity index (χ4v) is 1.84. The van der Waals surface area contributed by atoms with Gasteiger partial charge in [-0.2, -0.15) is 0 Å². The topological polar surface area (TPSA) is 38.3 Å². The smallest absolute Gasteiger partial charge is 0.220 e. The zero-order valence-electron chi connectivity index (χ0n) is 10.1. The second kappa shape index (κ2) is 5.66. The van der Waals surface area contributed by atoms with Crippen LogP contribution >= 0.6 is 0 Å². The molecule has 1 atom stereocenters. The van der Waals surface area contributed by atoms with Gasteiger partial charge in [-0.15, -0.1) is 0 Å². The van der Waals surface area contributed by atoms with E-state index in [-0.39, 0.29) is 11.3 Å². The Labute approximate surface area is 96.8 Å². The number of hydrogen-bond acceptors (Lipinski definition) is 2. The summed E-state index contributed by atoms with van der Waals surface area (Å²) >= 11 is 0. The number of carbonyl (C=O) groups excluding carboxylic acids is 1. The lowest BCUT2D eigenvalue weighted by Crippen LogP contribution is -2.34. The molecule has 0 aliphatic heterocycles. The second-order valence-corrected chi connectivity index (χ2v) is 4.21. The van der Waals surface area contributed by atoms with E-state index in [1.807, 2.05) is 37.3 Å². The molecule has 0 bridgehead atoms. The molecule has 1 aromatic carbocycles. The number of ether oxygens (including phenoxy) is 1. The third-order valence-electron chi connectivity index (χ3n) is 2.76. The SMILES string of the molecule is CNC(=O)CC(C)(COC)c1ccccc1. The number of rotatable bonds is 5. The van der Waals surface area contributed by atoms with Gasteiger partial charge in [0.1, 0.15) is 0 Å². The highest BCUT2D eigenvalue weighted by Gasteiger charge is 2.29. The van der Waals surface area contributed by atoms with E-state index in [1.165, 1.54) is 0 Å². The Bertz CT molecular complexity index is 337. The molecular formula is C13H19NO2. The first-order valence-corrected chi connectivity index (χ1v) is 5.37. The van der Waals surface area contributed by atoms with E-state index in [1.54, 1.807) is 14.2 Å². The van der Waals surface area contributed by atoms with Gasteiger partial charge in [-0.25, -0.2) is 0 Å². The predicted octanol–water partition coefficient (Wildman–Crippen LogP) is 1.73. The van der Waals surface area contributed by atoms with E-state index >= 15 is 0 Å². The maximum atomic E-state index is 11.5. The lowest BCUT2D eigenvalue weighted by atomic mass is 9.80. The van der Waals surface area contributed by atoms with Crippen molar-refractivity contribution in [3.63, 3.8) is 0 Å². The predicted molar refractivity (Wildman–Crippen MR) is 64.4 cm³/mol. The molecule has 0 radical (unpaired) electrons. The van der Waals surface area contributed by atoms with Gasteiger partial charge in [-0.1, -0.05) is 37.3 Å². The van der Waals surface area contributed by atoms with Gasteiger partial charge in [0.2, 0.25) is 5.91 Å². The third kappa shape index (κ3) is 3.07. The lowest BCUT2D eigenvalue weighted by molar-refractivity contribution is -0.122. The minimum absolute atomic E-state index is 0.0309. The molecule has 88 valence electrons. The van der Waals surface area contributed by atoms with Crippen molar-refractivity contribution in [2.24, 2.45) is 0 Å². The number of nitrogens with one attached hydrogen (secondary N) is 1. The van der Waals surface area contributed by atoms with E-state index in [9.17, 15) is 4.79 Å². The van der Waals surface area contributed by atoms with Crippen molar-refractivity contribution in [2.75, 3.05) is 20.8 Å². The minimum Gasteiger partial charge on any atom is -0.384 e. The van der Waals surface area contributed by atoms with Crippen LogP contribution in [-0.4, -0.2) is 26.7 Å². The van der Waals surface area contributed by atoms with Crippen molar-refractivity contribution >= 4 is 5.91 Å². The first-order chi connectivity index (χ1) is 7.62. The molecule has 0 aromatic heterocycles. The fourth-order valence-electron chi connectivity index (χ4n) is 1.84. The first-order valence-electron chi connectivity index (χ1n) is 5.37. The molecule has 0 aliphatic carbocycles. The maximum absolute atomic E-state index is 11.5. The second-order valence-electron chi connectivity index (χ2n) is 4.21. The Hall–Kier alpha value is -1.35. The van der Waals surface area contributed by atoms with Crippen LogP contribution in [0.5, 0.6) is 0 Å². The summed E-state index contributed by atoms with van der Waals surface area (Å²) in [5.74, 6) is 0.0309. The summed E-state index contributed by atoms with van der Waals surface area (Å²) in [7, 11) is 3.31. The summed E-state index contributed by atoms with van der Waals surface area (Å²) in [5, 5.41) is 2.65. The Balaban J connectivity index is 2.92. The van der Waals surface area contributed by atoms with Gasteiger partial charge in [0, 0.05) is 26.0 Å². The summed E-state index contributed by atoms with van der Waals surface area (Å²) in [6.07, 6.45) is 0.432. The molecule has 1 unspecified atom stereocenters. The van der Waals surface area contributed by atoms with Crippen LogP contribution in [-0.2, 0) is 14.9 Å². The Morgan fingerprint density at radius 3 is 2.50 bits per heavy atom. The minimum atomic E-state index is -0.268. The molecular weight excluding hydrogens is 202 g/mol. The Kier molecular flexibility index (Phi) is 4.50. The van der Waals surface area contributed by atoms with E-state index in [2.05, 4.69) is 5.32 Å². The van der Waals surface area contributed by atoms with Gasteiger partial charge in [-0.3, -0.25) is 4.79 Å². The van der Waals surface area contributed by atoms with Gasteiger partial charge in [-0.05, 0) is 5.56 Å². The average Bonchev–Trinajstić information content (AvgIpc) is 2.30. The van der Waals surface area contributed by atoms with Crippen LogP contribution in [0.3, 0.4) is 0 Å². The molecule has 3 heteroatoms. The van der Waals surface area contributed by atoms with E-state index < -0.39 is 0 Å². The first kappa shape index (κ1) is 12.7. The normalized spacial score (nSPS) is 14.2. The van der Waals surface area contributed by atoms with E-state index in [0.29, 0.717) is 13.0 Å². The summed E-state index contributed by atoms with van der Waals surface area (Å²) in [5.41, 5.74) is 0.858. The molecule has 0 heterocycles. The summed E-state index contributed by atoms with van der Waals surface area (Å²) in [4.78, 5) is 11.5. The van der Waals surface area contributed by atoms with Gasteiger partial charge in [0.25, 0.3) is 0 Å². The van der Waals surface area contributed by atoms with Crippen molar-refractivity contribution < 1.29 is 9.53 Å². The summed E-state index contributed by atoms with van der Waals surface area (Å²) in [6, 6.07) is 9.99. The van der Waals surface area contributed by atoms with Crippen molar-refractivity contribution in [2.45, 2.75) is 18.8 Å². The molecule has 3 nitrogen and oxygen atoms in total. The van der Waals surface area contributed by atoms with Gasteiger partial charge < -0.3 is 10.1 Å². The molecule has 16 heavy (non-hydrogen) atoms. The number of amides is 1. The maximum Gasteiger partial charge on any atom is 0.220 e. The van der Waals surface area contributed by atoms with E-state index in [4.69, 9.17) is 4.74 Å². The van der Waals surface area contributed by atoms with Crippen molar-refractivity contribution in [3.8, 4) is 0 Å². The van der Waals surface area contributed by atoms with Crippen LogP contribution in [0.25, 0.3) is 0 Å². The van der Waals surface area contributed by atoms with Gasteiger partial charge in [0.15, 0.2) is 0 Å². The molecule has 0 fully saturated rings. The van der Waals surface area contributed by atoms with Crippen molar-refractivity contribution in [1.82, 2.24) is 5.32 Å². The highest BCUT2D eigenvalue weighted by Crippen LogP contribution is 2.27. The third-order valence-corrected chi connectivity index (χ3v) is 2.76. The molecule has 1 aromatic rings. The van der Waals surface area contributed by atoms with Crippen molar-refractivity contribution in [1.29, 1.82) is 0 Å². The van der Waals surface area contributed by atoms with Crippen LogP contribution in [0.2, 0.25) is 0 Å². The van der Waals surface area contributed by atoms with Crippen LogP contribution in [0.4, 0.5) is 0 Å². The summed E-state index contributed by atoms with van der Waals surface area (Å²) in [6.45, 7) is 2.57. The molecule has 0 saturated heterocycles. The summed E-state index contributed by atoms with van der Waals surface area (Å²) < 4.78 is 5.23. The quantitative estimate of drug-likeness (QED) is 0.822. The monoisotopic (exact) mass is 221 g/mol. The zero-order valence-corrected chi connectivity index (χ0v) is 10.1. The lowest BCUT2D eigenvalue weighted by Gasteiger charge is -2.28. The van der Waals surface area contributed by atoms with Gasteiger partial charge in [0.05, 0.1) is 6.61 Å². The highest BCUT2D eigenvalue weighted by molar-refractivity contribution is 5.77. The Morgan fingerprint density at radius 2 is 2.00 bits per heavy atom. The van der Waals surface area contributed by atoms with Crippen LogP contribution in [0.15, 0.2) is 30.3 Å². The van der Waals surface area contributed by atoms with Crippen LogP contribution < -0.4 is 5.32 Å². The molecule has 0 saturated carbocycles. The number of hydrogen-bond donors (Lipinski definition) is 1. The van der Waals surface area contributed by atoms with Crippen LogP contribution in [0.1, 0.15) is 18.9 Å². The highest BCUT2D eigenvalue weighted by atomic mass is 16.5. The van der Waals surface area contributed by atoms with Gasteiger partial charge >= 0.3 is 0 Å². The number of methoxy groups -OCH3 is 1. The largest absolute Gasteiger partial charge is 0.384 e. The molecule has 1 amide bonds. The number of benzene rings is 1. The van der Waals surface area contributed by atoms with E-state index in [0.717, 1.165) is 5.56 Å².